The lowest BCUT2D eigenvalue weighted by molar-refractivity contribution is 0.0512. The van der Waals surface area contributed by atoms with Gasteiger partial charge in [-0.1, -0.05) is 24.6 Å². The van der Waals surface area contributed by atoms with Crippen molar-refractivity contribution in [2.45, 2.75) is 50.7 Å². The Morgan fingerprint density at radius 1 is 1.06 bits per heavy atom. The number of anilines is 1. The molecule has 0 bridgehead atoms. The number of benzene rings is 3. The van der Waals surface area contributed by atoms with Gasteiger partial charge in [-0.2, -0.15) is 9.97 Å². The summed E-state index contributed by atoms with van der Waals surface area (Å²) < 4.78 is 69.7. The Morgan fingerprint density at radius 2 is 1.94 bits per heavy atom. The number of methoxy groups -OCH3 is 1. The molecular formula is C35H38ClF3N4O4. The highest BCUT2D eigenvalue weighted by molar-refractivity contribution is 6.35. The van der Waals surface area contributed by atoms with Crippen LogP contribution in [0.1, 0.15) is 38.2 Å². The lowest BCUT2D eigenvalue weighted by Gasteiger charge is -2.31. The third kappa shape index (κ3) is 5.96. The number of aromatic nitrogens is 2. The van der Waals surface area contributed by atoms with Crippen molar-refractivity contribution in [2.75, 3.05) is 64.8 Å². The van der Waals surface area contributed by atoms with Gasteiger partial charge in [-0.3, -0.25) is 4.90 Å². The second kappa shape index (κ2) is 13.3. The largest absolute Gasteiger partial charge is 0.468 e. The second-order valence-corrected chi connectivity index (χ2v) is 13.0. The Balaban J connectivity index is 1.41. The van der Waals surface area contributed by atoms with Crippen LogP contribution in [0.5, 0.6) is 11.8 Å². The first-order chi connectivity index (χ1) is 22.8. The Hall–Kier alpha value is -3.38. The van der Waals surface area contributed by atoms with E-state index in [0.717, 1.165) is 25.8 Å². The molecule has 0 amide bonds. The summed E-state index contributed by atoms with van der Waals surface area (Å²) in [4.78, 5) is 13.6. The summed E-state index contributed by atoms with van der Waals surface area (Å²) in [7, 11) is 1.51. The standard InChI is InChI=1S/C35H38ClF3N4O4/c1-3-24-28(38)7-6-21-14-23(47-20-44-2)15-25(29(21)24)30-27(36)16-26-32(31(30)39)40-34(41-33(26)42-9-5-12-45-13-11-42)46-19-35-8-4-10-43(35)18-22(37)17-35/h6-7,14-16,22H,3-5,8-13,17-20H2,1-2H3/t22-,35+/m1/s1. The van der Waals surface area contributed by atoms with Crippen molar-refractivity contribution in [1.82, 2.24) is 14.9 Å². The smallest absolute Gasteiger partial charge is 0.319 e. The highest BCUT2D eigenvalue weighted by Gasteiger charge is 2.49. The van der Waals surface area contributed by atoms with E-state index >= 15 is 8.78 Å². The van der Waals surface area contributed by atoms with Crippen molar-refractivity contribution in [3.8, 4) is 22.9 Å². The number of alkyl halides is 1. The van der Waals surface area contributed by atoms with E-state index in [-0.39, 0.29) is 35.5 Å². The fourth-order valence-electron chi connectivity index (χ4n) is 7.56. The number of rotatable bonds is 9. The van der Waals surface area contributed by atoms with E-state index < -0.39 is 23.3 Å². The van der Waals surface area contributed by atoms with Crippen molar-refractivity contribution in [2.24, 2.45) is 0 Å². The molecule has 3 aromatic carbocycles. The Kier molecular flexibility index (Phi) is 9.08. The molecular weight excluding hydrogens is 633 g/mol. The average molecular weight is 671 g/mol. The van der Waals surface area contributed by atoms with Gasteiger partial charge in [0.1, 0.15) is 35.7 Å². The van der Waals surface area contributed by atoms with Crippen molar-refractivity contribution >= 4 is 39.1 Å². The lowest BCUT2D eigenvalue weighted by atomic mass is 9.92. The summed E-state index contributed by atoms with van der Waals surface area (Å²) in [6, 6.07) is 8.15. The molecule has 0 spiro atoms. The molecule has 3 aliphatic rings. The van der Waals surface area contributed by atoms with Crippen LogP contribution in [0.3, 0.4) is 0 Å². The number of nitrogens with zero attached hydrogens (tertiary/aromatic N) is 4. The summed E-state index contributed by atoms with van der Waals surface area (Å²) in [6.07, 6.45) is 2.39. The fraction of sp³-hybridized carbons (Fsp3) is 0.486. The van der Waals surface area contributed by atoms with E-state index in [0.29, 0.717) is 84.5 Å². The van der Waals surface area contributed by atoms with Crippen molar-refractivity contribution in [1.29, 1.82) is 0 Å². The van der Waals surface area contributed by atoms with E-state index in [4.69, 9.17) is 35.5 Å². The van der Waals surface area contributed by atoms with Crippen LogP contribution in [0.15, 0.2) is 30.3 Å². The molecule has 250 valence electrons. The fourth-order valence-corrected chi connectivity index (χ4v) is 7.85. The van der Waals surface area contributed by atoms with Gasteiger partial charge in [-0.05, 0) is 78.4 Å². The minimum absolute atomic E-state index is 0.00991. The number of fused-ring (bicyclic) bond motifs is 3. The molecule has 0 N–H and O–H groups in total. The van der Waals surface area contributed by atoms with Gasteiger partial charge >= 0.3 is 6.01 Å². The molecule has 0 unspecified atom stereocenters. The van der Waals surface area contributed by atoms with Gasteiger partial charge in [-0.15, -0.1) is 0 Å². The molecule has 47 heavy (non-hydrogen) atoms. The van der Waals surface area contributed by atoms with Crippen molar-refractivity contribution in [3.05, 3.63) is 52.6 Å². The van der Waals surface area contributed by atoms with Gasteiger partial charge in [0.2, 0.25) is 0 Å². The molecule has 4 aromatic rings. The number of hydrogen-bond donors (Lipinski definition) is 0. The first-order valence-electron chi connectivity index (χ1n) is 16.2. The van der Waals surface area contributed by atoms with Crippen molar-refractivity contribution < 1.29 is 32.1 Å². The zero-order chi connectivity index (χ0) is 32.7. The van der Waals surface area contributed by atoms with E-state index in [2.05, 4.69) is 9.88 Å². The van der Waals surface area contributed by atoms with Crippen molar-refractivity contribution in [3.63, 3.8) is 0 Å². The normalized spacial score (nSPS) is 21.8. The monoisotopic (exact) mass is 670 g/mol. The molecule has 1 aromatic heterocycles. The molecule has 0 aliphatic carbocycles. The zero-order valence-electron chi connectivity index (χ0n) is 26.6. The van der Waals surface area contributed by atoms with E-state index in [9.17, 15) is 4.39 Å². The first-order valence-corrected chi connectivity index (χ1v) is 16.6. The zero-order valence-corrected chi connectivity index (χ0v) is 27.3. The summed E-state index contributed by atoms with van der Waals surface area (Å²) in [6.45, 7) is 5.49. The molecule has 3 saturated heterocycles. The van der Waals surface area contributed by atoms with Gasteiger partial charge in [0.15, 0.2) is 12.6 Å². The number of ether oxygens (including phenoxy) is 4. The van der Waals surface area contributed by atoms with Gasteiger partial charge in [0.05, 0.1) is 17.2 Å². The van der Waals surface area contributed by atoms with Crippen LogP contribution in [-0.4, -0.2) is 86.5 Å². The van der Waals surface area contributed by atoms with Crippen LogP contribution >= 0.6 is 11.6 Å². The number of hydrogen-bond acceptors (Lipinski definition) is 8. The second-order valence-electron chi connectivity index (χ2n) is 12.6. The first kappa shape index (κ1) is 32.2. The molecule has 3 aliphatic heterocycles. The van der Waals surface area contributed by atoms with Gasteiger partial charge < -0.3 is 23.8 Å². The van der Waals surface area contributed by atoms with Crippen LogP contribution < -0.4 is 14.4 Å². The molecule has 12 heteroatoms. The summed E-state index contributed by atoms with van der Waals surface area (Å²) in [5.41, 5.74) is 0.474. The molecule has 4 heterocycles. The molecule has 0 radical (unpaired) electrons. The summed E-state index contributed by atoms with van der Waals surface area (Å²) >= 11 is 6.97. The Morgan fingerprint density at radius 3 is 2.77 bits per heavy atom. The Labute approximate surface area is 276 Å². The maximum Gasteiger partial charge on any atom is 0.319 e. The van der Waals surface area contributed by atoms with Gasteiger partial charge in [0, 0.05) is 50.7 Å². The molecule has 3 fully saturated rings. The topological polar surface area (TPSA) is 69.2 Å². The third-order valence-electron chi connectivity index (χ3n) is 9.70. The van der Waals surface area contributed by atoms with Crippen LogP contribution in [-0.2, 0) is 15.9 Å². The number of aryl methyl sites for hydroxylation is 1. The molecule has 2 atom stereocenters. The van der Waals surface area contributed by atoms with E-state index in [1.165, 1.54) is 13.2 Å². The summed E-state index contributed by atoms with van der Waals surface area (Å²) in [5.74, 6) is -0.177. The van der Waals surface area contributed by atoms with Crippen LogP contribution in [0.25, 0.3) is 32.8 Å². The molecule has 0 saturated carbocycles. The van der Waals surface area contributed by atoms with Gasteiger partial charge in [0.25, 0.3) is 0 Å². The van der Waals surface area contributed by atoms with Crippen LogP contribution in [0.4, 0.5) is 19.0 Å². The van der Waals surface area contributed by atoms with Gasteiger partial charge in [-0.25, -0.2) is 13.2 Å². The Bertz CT molecular complexity index is 1810. The minimum Gasteiger partial charge on any atom is -0.468 e. The minimum atomic E-state index is -0.914. The predicted octanol–water partition coefficient (Wildman–Crippen LogP) is 7.11. The maximum atomic E-state index is 17.2. The highest BCUT2D eigenvalue weighted by Crippen LogP contribution is 2.45. The third-order valence-corrected chi connectivity index (χ3v) is 10.0. The molecule has 7 rings (SSSR count). The van der Waals surface area contributed by atoms with Crippen LogP contribution in [0, 0.1) is 11.6 Å². The number of halogens is 4. The highest BCUT2D eigenvalue weighted by atomic mass is 35.5. The molecule has 8 nitrogen and oxygen atoms in total. The SMILES string of the molecule is CCc1c(F)ccc2cc(OCOC)cc(-c3c(Cl)cc4c(N5CCCOCC5)nc(OC[C@@]56CCCN5C[C@H](F)C6)nc4c3F)c12. The quantitative estimate of drug-likeness (QED) is 0.175. The van der Waals surface area contributed by atoms with E-state index in [1.54, 1.807) is 24.3 Å². The lowest BCUT2D eigenvalue weighted by Crippen LogP contribution is -2.43. The maximum absolute atomic E-state index is 17.2. The van der Waals surface area contributed by atoms with Crippen LogP contribution in [0.2, 0.25) is 5.02 Å². The average Bonchev–Trinajstić information content (AvgIpc) is 3.44. The summed E-state index contributed by atoms with van der Waals surface area (Å²) in [5, 5.41) is 1.75. The predicted molar refractivity (Wildman–Crippen MR) is 175 cm³/mol. The van der Waals surface area contributed by atoms with E-state index in [1.807, 2.05) is 11.8 Å².